The van der Waals surface area contributed by atoms with Crippen molar-refractivity contribution < 1.29 is 18.9 Å². The Morgan fingerprint density at radius 1 is 0.476 bits per heavy atom. The van der Waals surface area contributed by atoms with E-state index in [0.717, 1.165) is 68.2 Å². The van der Waals surface area contributed by atoms with Crippen LogP contribution in [0.5, 0.6) is 23.0 Å². The maximum Gasteiger partial charge on any atom is 0.181 e. The maximum absolute atomic E-state index is 6.30. The number of hydrogen-bond donors (Lipinski definition) is 0. The summed E-state index contributed by atoms with van der Waals surface area (Å²) in [4.78, 5) is 10.6. The first-order chi connectivity index (χ1) is 20.6. The van der Waals surface area contributed by atoms with Crippen LogP contribution < -0.4 is 18.9 Å². The van der Waals surface area contributed by atoms with Crippen LogP contribution in [-0.4, -0.2) is 26.4 Å². The summed E-state index contributed by atoms with van der Waals surface area (Å²) >= 11 is 11.3. The van der Waals surface area contributed by atoms with Gasteiger partial charge in [-0.05, 0) is 37.8 Å². The van der Waals surface area contributed by atoms with Crippen molar-refractivity contribution in [3.63, 3.8) is 0 Å². The summed E-state index contributed by atoms with van der Waals surface area (Å²) in [6.07, 6.45) is 14.0. The number of thioether (sulfide) groups is 4. The second-order valence-corrected chi connectivity index (χ2v) is 17.5. The smallest absolute Gasteiger partial charge is 0.181 e. The van der Waals surface area contributed by atoms with Gasteiger partial charge in [-0.15, -0.1) is 22.7 Å². The van der Waals surface area contributed by atoms with E-state index < -0.39 is 0 Å². The quantitative estimate of drug-likeness (QED) is 0.232. The lowest BCUT2D eigenvalue weighted by Crippen LogP contribution is -2.15. The third-order valence-corrected chi connectivity index (χ3v) is 14.7. The Morgan fingerprint density at radius 2 is 0.786 bits per heavy atom. The minimum atomic E-state index is 0.556. The second kappa shape index (κ2) is 14.4. The van der Waals surface area contributed by atoms with Crippen LogP contribution in [-0.2, 0) is 0 Å². The first-order valence-corrected chi connectivity index (χ1v) is 20.0. The largest absolute Gasteiger partial charge is 0.485 e. The normalized spacial score (nSPS) is 18.0. The zero-order valence-corrected chi connectivity index (χ0v) is 29.6. The molecular weight excluding hydrogens is 641 g/mol. The number of hydrogen-bond acceptors (Lipinski definition) is 10. The molecule has 0 atom stereocenters. The molecule has 0 fully saturated rings. The molecule has 4 aliphatic heterocycles. The van der Waals surface area contributed by atoms with E-state index in [1.165, 1.54) is 53.8 Å². The Morgan fingerprint density at radius 3 is 1.10 bits per heavy atom. The monoisotopic (exact) mass is 678 g/mol. The molecule has 0 spiro atoms. The molecule has 4 nitrogen and oxygen atoms in total. The molecule has 2 aromatic heterocycles. The topological polar surface area (TPSA) is 36.9 Å². The molecule has 6 rings (SSSR count). The molecule has 0 saturated heterocycles. The molecule has 0 N–H and O–H groups in total. The second-order valence-electron chi connectivity index (χ2n) is 10.3. The van der Waals surface area contributed by atoms with Gasteiger partial charge in [-0.3, -0.25) is 0 Å². The molecule has 2 aromatic rings. The summed E-state index contributed by atoms with van der Waals surface area (Å²) in [6.45, 7) is 11.3. The first-order valence-electron chi connectivity index (χ1n) is 15.1. The number of thiophene rings is 2. The van der Waals surface area contributed by atoms with Crippen molar-refractivity contribution >= 4 is 81.9 Å². The van der Waals surface area contributed by atoms with Crippen LogP contribution >= 0.6 is 69.7 Å². The van der Waals surface area contributed by atoms with Gasteiger partial charge in [0, 0.05) is 19.6 Å². The zero-order valence-electron chi connectivity index (χ0n) is 24.7. The number of fused-ring (bicyclic) bond motifs is 2. The van der Waals surface area contributed by atoms with E-state index >= 15 is 0 Å². The number of rotatable bonds is 11. The minimum Gasteiger partial charge on any atom is -0.485 e. The van der Waals surface area contributed by atoms with E-state index in [-0.39, 0.29) is 0 Å². The lowest BCUT2D eigenvalue weighted by Gasteiger charge is -2.18. The van der Waals surface area contributed by atoms with Crippen LogP contribution in [0, 0.1) is 0 Å². The van der Waals surface area contributed by atoms with E-state index in [2.05, 4.69) is 39.8 Å². The average molecular weight is 679 g/mol. The predicted molar refractivity (Wildman–Crippen MR) is 190 cm³/mol. The Hall–Kier alpha value is -1.04. The number of allylic oxidation sites excluding steroid dienone is 4. The fraction of sp³-hybridized carbons (Fsp3) is 0.500. The van der Waals surface area contributed by atoms with Crippen molar-refractivity contribution in [1.82, 2.24) is 0 Å². The van der Waals surface area contributed by atoms with Gasteiger partial charge in [-0.1, -0.05) is 100 Å². The molecule has 0 saturated carbocycles. The molecule has 42 heavy (non-hydrogen) atoms. The van der Waals surface area contributed by atoms with E-state index in [0.29, 0.717) is 26.4 Å². The van der Waals surface area contributed by atoms with Gasteiger partial charge in [-0.2, -0.15) is 0 Å². The molecule has 0 aromatic carbocycles. The molecule has 0 radical (unpaired) electrons. The highest BCUT2D eigenvalue weighted by molar-refractivity contribution is 8.29. The highest BCUT2D eigenvalue weighted by Crippen LogP contribution is 2.61. The van der Waals surface area contributed by atoms with Crippen LogP contribution in [0.4, 0.5) is 0 Å². The van der Waals surface area contributed by atoms with Gasteiger partial charge in [-0.25, -0.2) is 0 Å². The van der Waals surface area contributed by atoms with Crippen molar-refractivity contribution in [3.8, 4) is 32.8 Å². The Bertz CT molecular complexity index is 1290. The molecule has 0 aliphatic carbocycles. The predicted octanol–water partition coefficient (Wildman–Crippen LogP) is 12.2. The molecule has 0 unspecified atom stereocenters. The third kappa shape index (κ3) is 6.50. The summed E-state index contributed by atoms with van der Waals surface area (Å²) in [7, 11) is 0. The molecule has 10 heteroatoms. The zero-order chi connectivity index (χ0) is 29.1. The summed E-state index contributed by atoms with van der Waals surface area (Å²) in [5, 5.41) is 0. The summed E-state index contributed by atoms with van der Waals surface area (Å²) in [5.41, 5.74) is 0. The molecule has 4 aliphatic rings. The summed E-state index contributed by atoms with van der Waals surface area (Å²) in [6, 6.07) is 0. The number of ether oxygens (including phenoxy) is 4. The van der Waals surface area contributed by atoms with Crippen molar-refractivity contribution in [2.45, 2.75) is 79.1 Å². The standard InChI is InChI=1S/C32H38O4S6/c1-5-9-19-20(10-6-2)38-25(37-19)17-23-27-29(35-15-13-33-27)31(41-23)32-30-28(34-14-16-36-30)24(42-32)18-26-39-21(11-7-3)22(40-26)12-8-4/h17-18H,5-16H2,1-4H3. The van der Waals surface area contributed by atoms with Crippen LogP contribution in [0.2, 0.25) is 0 Å². The van der Waals surface area contributed by atoms with Gasteiger partial charge in [0.25, 0.3) is 0 Å². The highest BCUT2D eigenvalue weighted by Gasteiger charge is 2.33. The van der Waals surface area contributed by atoms with Crippen molar-refractivity contribution in [3.05, 3.63) is 37.8 Å². The van der Waals surface area contributed by atoms with E-state index in [4.69, 9.17) is 18.9 Å². The maximum atomic E-state index is 6.30. The van der Waals surface area contributed by atoms with Crippen molar-refractivity contribution in [1.29, 1.82) is 0 Å². The van der Waals surface area contributed by atoms with Gasteiger partial charge >= 0.3 is 0 Å². The van der Waals surface area contributed by atoms with Gasteiger partial charge < -0.3 is 18.9 Å². The Labute approximate surface area is 275 Å². The minimum absolute atomic E-state index is 0.556. The molecule has 0 bridgehead atoms. The van der Waals surface area contributed by atoms with E-state index in [1.807, 2.05) is 47.0 Å². The van der Waals surface area contributed by atoms with E-state index in [1.54, 1.807) is 22.7 Å². The lowest BCUT2D eigenvalue weighted by molar-refractivity contribution is 0.171. The Balaban J connectivity index is 1.35. The molecule has 0 amide bonds. The highest BCUT2D eigenvalue weighted by atomic mass is 32.2. The average Bonchev–Trinajstić information content (AvgIpc) is 3.75. The lowest BCUT2D eigenvalue weighted by atomic mass is 10.2. The molecule has 6 heterocycles. The van der Waals surface area contributed by atoms with Gasteiger partial charge in [0.1, 0.15) is 26.4 Å². The van der Waals surface area contributed by atoms with Gasteiger partial charge in [0.05, 0.1) is 28.0 Å². The van der Waals surface area contributed by atoms with Crippen molar-refractivity contribution in [2.75, 3.05) is 26.4 Å². The first kappa shape index (κ1) is 31.0. The summed E-state index contributed by atoms with van der Waals surface area (Å²) < 4.78 is 27.8. The Kier molecular flexibility index (Phi) is 10.6. The SMILES string of the molecule is CCCC1=C(CCC)SC(=Cc2sc(-c3sc(C=C4SC(CCC)=C(CCC)S4)c4c3OCCO4)c3c2OCCO3)S1. The third-order valence-electron chi connectivity index (χ3n) is 6.98. The summed E-state index contributed by atoms with van der Waals surface area (Å²) in [5.74, 6) is 3.44. The fourth-order valence-electron chi connectivity index (χ4n) is 5.19. The van der Waals surface area contributed by atoms with Crippen LogP contribution in [0.25, 0.3) is 21.9 Å². The van der Waals surface area contributed by atoms with Crippen LogP contribution in [0.15, 0.2) is 28.1 Å². The van der Waals surface area contributed by atoms with Crippen LogP contribution in [0.1, 0.15) is 88.8 Å². The molecular formula is C32H38O4S6. The fourth-order valence-corrected chi connectivity index (χ4v) is 13.7. The van der Waals surface area contributed by atoms with E-state index in [9.17, 15) is 0 Å². The van der Waals surface area contributed by atoms with Crippen molar-refractivity contribution in [2.24, 2.45) is 0 Å². The van der Waals surface area contributed by atoms with Crippen LogP contribution in [0.3, 0.4) is 0 Å². The van der Waals surface area contributed by atoms with Gasteiger partial charge in [0.15, 0.2) is 23.0 Å². The van der Waals surface area contributed by atoms with Gasteiger partial charge in [0.2, 0.25) is 0 Å². The molecule has 226 valence electrons.